The van der Waals surface area contributed by atoms with E-state index < -0.39 is 0 Å². The second-order valence-electron chi connectivity index (χ2n) is 5.72. The van der Waals surface area contributed by atoms with Gasteiger partial charge in [0.2, 0.25) is 0 Å². The molecule has 1 aliphatic rings. The quantitative estimate of drug-likeness (QED) is 0.874. The molecule has 2 aromatic carbocycles. The van der Waals surface area contributed by atoms with Gasteiger partial charge < -0.3 is 10.2 Å². The van der Waals surface area contributed by atoms with E-state index in [0.717, 1.165) is 23.1 Å². The molecule has 124 valence electrons. The van der Waals surface area contributed by atoms with Gasteiger partial charge in [-0.15, -0.1) is 0 Å². The molecule has 0 bridgehead atoms. The van der Waals surface area contributed by atoms with Crippen molar-refractivity contribution in [1.29, 1.82) is 0 Å². The van der Waals surface area contributed by atoms with Gasteiger partial charge in [-0.1, -0.05) is 41.9 Å². The average molecular weight is 345 g/mol. The van der Waals surface area contributed by atoms with E-state index in [9.17, 15) is 9.18 Å². The molecular weight excluding hydrogens is 327 g/mol. The Morgan fingerprint density at radius 1 is 1.21 bits per heavy atom. The lowest BCUT2D eigenvalue weighted by Gasteiger charge is -2.27. The van der Waals surface area contributed by atoms with Crippen molar-refractivity contribution in [1.82, 2.24) is 10.2 Å². The minimum atomic E-state index is -0.239. The number of carbonyl (C=O) groups is 1. The molecule has 0 radical (unpaired) electrons. The van der Waals surface area contributed by atoms with Gasteiger partial charge in [-0.25, -0.2) is 9.18 Å². The summed E-state index contributed by atoms with van der Waals surface area (Å²) in [7, 11) is 0. The minimum Gasteiger partial charge on any atom is -0.334 e. The van der Waals surface area contributed by atoms with Crippen molar-refractivity contribution < 1.29 is 9.18 Å². The van der Waals surface area contributed by atoms with E-state index in [1.54, 1.807) is 23.1 Å². The van der Waals surface area contributed by atoms with Gasteiger partial charge in [-0.05, 0) is 47.4 Å². The van der Waals surface area contributed by atoms with Crippen LogP contribution < -0.4 is 5.32 Å². The highest BCUT2D eigenvalue weighted by atomic mass is 35.5. The van der Waals surface area contributed by atoms with Crippen molar-refractivity contribution >= 4 is 23.2 Å². The van der Waals surface area contributed by atoms with E-state index >= 15 is 0 Å². The summed E-state index contributed by atoms with van der Waals surface area (Å²) in [6, 6.07) is 13.8. The molecule has 0 saturated heterocycles. The third kappa shape index (κ3) is 4.15. The normalized spacial score (nSPS) is 14.2. The van der Waals surface area contributed by atoms with E-state index in [2.05, 4.69) is 5.32 Å². The topological polar surface area (TPSA) is 32.3 Å². The Morgan fingerprint density at radius 2 is 2.00 bits per heavy atom. The summed E-state index contributed by atoms with van der Waals surface area (Å²) in [5.74, 6) is -0.239. The number of amides is 2. The van der Waals surface area contributed by atoms with Crippen LogP contribution in [-0.2, 0) is 6.54 Å². The van der Waals surface area contributed by atoms with Crippen LogP contribution in [-0.4, -0.2) is 24.0 Å². The summed E-state index contributed by atoms with van der Waals surface area (Å²) in [5, 5.41) is 3.57. The van der Waals surface area contributed by atoms with Gasteiger partial charge in [0.05, 0.1) is 0 Å². The molecule has 3 rings (SSSR count). The van der Waals surface area contributed by atoms with E-state index in [0.29, 0.717) is 24.7 Å². The van der Waals surface area contributed by atoms with Crippen LogP contribution in [0.4, 0.5) is 9.18 Å². The molecule has 2 amide bonds. The van der Waals surface area contributed by atoms with Crippen LogP contribution in [0, 0.1) is 5.82 Å². The number of hydrogen-bond acceptors (Lipinski definition) is 1. The van der Waals surface area contributed by atoms with E-state index in [1.807, 2.05) is 24.3 Å². The maximum absolute atomic E-state index is 13.0. The zero-order valence-electron chi connectivity index (χ0n) is 13.1. The molecule has 1 aliphatic heterocycles. The van der Waals surface area contributed by atoms with E-state index in [1.165, 1.54) is 12.1 Å². The van der Waals surface area contributed by atoms with Crippen molar-refractivity contribution in [3.63, 3.8) is 0 Å². The maximum Gasteiger partial charge on any atom is 0.317 e. The lowest BCUT2D eigenvalue weighted by molar-refractivity contribution is 0.202. The predicted molar refractivity (Wildman–Crippen MR) is 94.3 cm³/mol. The third-order valence-corrected chi connectivity index (χ3v) is 4.28. The second kappa shape index (κ2) is 7.49. The van der Waals surface area contributed by atoms with Crippen molar-refractivity contribution in [2.75, 3.05) is 13.1 Å². The van der Waals surface area contributed by atoms with Crippen LogP contribution in [0.15, 0.2) is 54.6 Å². The van der Waals surface area contributed by atoms with Crippen molar-refractivity contribution in [2.24, 2.45) is 0 Å². The fraction of sp³-hybridized carbons (Fsp3) is 0.211. The Kier molecular flexibility index (Phi) is 5.16. The standard InChI is InChI=1S/C19H18ClFN2O/c20-17-3-1-2-14(12-17)13-22-19(24)23-10-8-16(9-11-23)15-4-6-18(21)7-5-15/h1-8,12H,9-11,13H2,(H,22,24). The Labute approximate surface area is 145 Å². The zero-order valence-corrected chi connectivity index (χ0v) is 13.9. The molecule has 0 aliphatic carbocycles. The van der Waals surface area contributed by atoms with Gasteiger partial charge >= 0.3 is 6.03 Å². The molecule has 1 heterocycles. The molecule has 5 heteroatoms. The first kappa shape index (κ1) is 16.5. The van der Waals surface area contributed by atoms with Crippen LogP contribution >= 0.6 is 11.6 Å². The molecule has 0 aromatic heterocycles. The first-order valence-electron chi connectivity index (χ1n) is 7.84. The van der Waals surface area contributed by atoms with Crippen LogP contribution in [0.2, 0.25) is 5.02 Å². The summed E-state index contributed by atoms with van der Waals surface area (Å²) in [6.07, 6.45) is 2.78. The highest BCUT2D eigenvalue weighted by Crippen LogP contribution is 2.22. The zero-order chi connectivity index (χ0) is 16.9. The lowest BCUT2D eigenvalue weighted by atomic mass is 10.00. The summed E-state index contributed by atoms with van der Waals surface area (Å²) in [6.45, 7) is 1.64. The molecule has 0 saturated carbocycles. The predicted octanol–water partition coefficient (Wildman–Crippen LogP) is 4.48. The fourth-order valence-corrected chi connectivity index (χ4v) is 2.93. The summed E-state index contributed by atoms with van der Waals surface area (Å²) in [5.41, 5.74) is 3.12. The van der Waals surface area contributed by atoms with Gasteiger partial charge in [0, 0.05) is 24.7 Å². The first-order chi connectivity index (χ1) is 11.6. The van der Waals surface area contributed by atoms with Gasteiger partial charge in [-0.2, -0.15) is 0 Å². The van der Waals surface area contributed by atoms with Crippen molar-refractivity contribution in [3.05, 3.63) is 76.6 Å². The summed E-state index contributed by atoms with van der Waals surface area (Å²) >= 11 is 5.94. The molecule has 24 heavy (non-hydrogen) atoms. The molecular formula is C19H18ClFN2O. The molecule has 0 fully saturated rings. The third-order valence-electron chi connectivity index (χ3n) is 4.04. The van der Waals surface area contributed by atoms with Gasteiger partial charge in [-0.3, -0.25) is 0 Å². The number of benzene rings is 2. The number of nitrogens with one attached hydrogen (secondary N) is 1. The van der Waals surface area contributed by atoms with Gasteiger partial charge in [0.25, 0.3) is 0 Å². The van der Waals surface area contributed by atoms with Crippen LogP contribution in [0.25, 0.3) is 5.57 Å². The van der Waals surface area contributed by atoms with Crippen molar-refractivity contribution in [2.45, 2.75) is 13.0 Å². The van der Waals surface area contributed by atoms with E-state index in [4.69, 9.17) is 11.6 Å². The minimum absolute atomic E-state index is 0.0932. The SMILES string of the molecule is O=C(NCc1cccc(Cl)c1)N1CC=C(c2ccc(F)cc2)CC1. The molecule has 0 unspecified atom stereocenters. The molecule has 0 atom stereocenters. The number of nitrogens with zero attached hydrogens (tertiary/aromatic N) is 1. The number of carbonyl (C=O) groups excluding carboxylic acids is 1. The number of rotatable bonds is 3. The van der Waals surface area contributed by atoms with Crippen LogP contribution in [0.3, 0.4) is 0 Å². The Morgan fingerprint density at radius 3 is 2.67 bits per heavy atom. The Hall–Kier alpha value is -2.33. The number of urea groups is 1. The summed E-state index contributed by atoms with van der Waals surface area (Å²) < 4.78 is 13.0. The molecule has 0 spiro atoms. The largest absolute Gasteiger partial charge is 0.334 e. The molecule has 2 aromatic rings. The second-order valence-corrected chi connectivity index (χ2v) is 6.16. The highest BCUT2D eigenvalue weighted by Gasteiger charge is 2.17. The van der Waals surface area contributed by atoms with E-state index in [-0.39, 0.29) is 11.8 Å². The number of halogens is 2. The van der Waals surface area contributed by atoms with Crippen LogP contribution in [0.1, 0.15) is 17.5 Å². The van der Waals surface area contributed by atoms with Gasteiger partial charge in [0.1, 0.15) is 5.82 Å². The lowest BCUT2D eigenvalue weighted by Crippen LogP contribution is -2.41. The smallest absolute Gasteiger partial charge is 0.317 e. The van der Waals surface area contributed by atoms with Crippen molar-refractivity contribution in [3.8, 4) is 0 Å². The fourth-order valence-electron chi connectivity index (χ4n) is 2.72. The Bertz CT molecular complexity index is 758. The summed E-state index contributed by atoms with van der Waals surface area (Å²) in [4.78, 5) is 14.0. The Balaban J connectivity index is 1.55. The average Bonchev–Trinajstić information content (AvgIpc) is 2.61. The number of hydrogen-bond donors (Lipinski definition) is 1. The highest BCUT2D eigenvalue weighted by molar-refractivity contribution is 6.30. The molecule has 1 N–H and O–H groups in total. The van der Waals surface area contributed by atoms with Crippen LogP contribution in [0.5, 0.6) is 0 Å². The first-order valence-corrected chi connectivity index (χ1v) is 8.22. The van der Waals surface area contributed by atoms with Gasteiger partial charge in [0.15, 0.2) is 0 Å². The maximum atomic E-state index is 13.0. The monoisotopic (exact) mass is 344 g/mol. The molecule has 3 nitrogen and oxygen atoms in total.